The van der Waals surface area contributed by atoms with E-state index in [0.29, 0.717) is 0 Å². The van der Waals surface area contributed by atoms with Crippen LogP contribution in [0.4, 0.5) is 5.82 Å². The Kier molecular flexibility index (Phi) is 3.49. The molecule has 1 saturated heterocycles. The first-order valence-electron chi connectivity index (χ1n) is 5.81. The molecule has 9 nitrogen and oxygen atoms in total. The van der Waals surface area contributed by atoms with Crippen LogP contribution in [0, 0.1) is 12.3 Å². The van der Waals surface area contributed by atoms with E-state index in [1.165, 1.54) is 6.92 Å². The van der Waals surface area contributed by atoms with Crippen molar-refractivity contribution in [2.24, 2.45) is 5.73 Å². The molecule has 5 atom stereocenters. The smallest absolute Gasteiger partial charge is 0.368 e. The zero-order valence-corrected chi connectivity index (χ0v) is 10.7. The van der Waals surface area contributed by atoms with Gasteiger partial charge in [0, 0.05) is 0 Å². The van der Waals surface area contributed by atoms with E-state index >= 15 is 0 Å². The van der Waals surface area contributed by atoms with Gasteiger partial charge in [0.05, 0.1) is 12.3 Å². The quantitative estimate of drug-likeness (QED) is 0.424. The maximum Gasteiger partial charge on any atom is 0.368 e. The average molecular weight is 281 g/mol. The molecule has 20 heavy (non-hydrogen) atoms. The van der Waals surface area contributed by atoms with Crippen LogP contribution < -0.4 is 17.2 Å². The van der Waals surface area contributed by atoms with Gasteiger partial charge in [0.15, 0.2) is 11.8 Å². The molecule has 1 aromatic rings. The van der Waals surface area contributed by atoms with Crippen LogP contribution in [0.3, 0.4) is 0 Å². The predicted octanol–water partition coefficient (Wildman–Crippen LogP) is -2.81. The molecule has 0 aliphatic carbocycles. The minimum absolute atomic E-state index is 0.0693. The van der Waals surface area contributed by atoms with Gasteiger partial charge in [0.1, 0.15) is 18.0 Å². The van der Waals surface area contributed by atoms with Crippen molar-refractivity contribution in [2.45, 2.75) is 37.0 Å². The van der Waals surface area contributed by atoms with Gasteiger partial charge in [-0.15, -0.1) is 6.42 Å². The maximum absolute atomic E-state index is 11.8. The molecule has 1 fully saturated rings. The second-order valence-electron chi connectivity index (χ2n) is 4.62. The molecule has 9 heteroatoms. The second-order valence-corrected chi connectivity index (χ2v) is 4.62. The van der Waals surface area contributed by atoms with Gasteiger partial charge in [-0.1, -0.05) is 5.92 Å². The summed E-state index contributed by atoms with van der Waals surface area (Å²) in [5.74, 6) is 2.13. The lowest BCUT2D eigenvalue weighted by molar-refractivity contribution is -0.0816. The van der Waals surface area contributed by atoms with Gasteiger partial charge >= 0.3 is 5.69 Å². The molecule has 0 bridgehead atoms. The van der Waals surface area contributed by atoms with Crippen LogP contribution in [-0.4, -0.2) is 48.8 Å². The molecule has 1 aliphatic rings. The number of hydrogen-bond donors (Lipinski definition) is 4. The van der Waals surface area contributed by atoms with E-state index in [9.17, 15) is 15.0 Å². The van der Waals surface area contributed by atoms with E-state index in [2.05, 4.69) is 16.0 Å². The third-order valence-electron chi connectivity index (χ3n) is 3.18. The highest BCUT2D eigenvalue weighted by atomic mass is 16.6. The Labute approximate surface area is 114 Å². The van der Waals surface area contributed by atoms with Gasteiger partial charge in [-0.25, -0.2) is 4.79 Å². The fraction of sp³-hybridized carbons (Fsp3) is 0.545. The molecular weight excluding hydrogens is 266 g/mol. The number of aliphatic hydroxyl groups excluding tert-OH is 2. The SMILES string of the molecule is C#CC1(N)C(O)[C@@H]([C@H](C)O)O[C@H]1n1ncc(N)nc1=O. The van der Waals surface area contributed by atoms with Crippen LogP contribution in [0.2, 0.25) is 0 Å². The predicted molar refractivity (Wildman–Crippen MR) is 68.1 cm³/mol. The van der Waals surface area contributed by atoms with Crippen molar-refractivity contribution in [3.8, 4) is 12.3 Å². The van der Waals surface area contributed by atoms with Crippen LogP contribution in [-0.2, 0) is 4.74 Å². The normalized spacial score (nSPS) is 34.6. The van der Waals surface area contributed by atoms with Gasteiger partial charge in [0.25, 0.3) is 0 Å². The molecule has 0 saturated carbocycles. The monoisotopic (exact) mass is 281 g/mol. The molecule has 1 aromatic heterocycles. The van der Waals surface area contributed by atoms with E-state index in [0.717, 1.165) is 10.9 Å². The topological polar surface area (TPSA) is 150 Å². The number of anilines is 1. The molecule has 2 rings (SSSR count). The largest absolute Gasteiger partial charge is 0.391 e. The lowest BCUT2D eigenvalue weighted by Gasteiger charge is -2.26. The molecular formula is C11H15N5O4. The molecule has 0 aromatic carbocycles. The standard InChI is InChI=1S/C11H15N5O4/c1-3-11(13)8(18)7(5(2)17)20-9(11)16-10(19)15-6(12)4-14-16/h1,4-5,7-9,17-18H,13H2,2H3,(H2,12,15,19)/t5-,7+,8?,9+,11?/m0/s1. The fourth-order valence-corrected chi connectivity index (χ4v) is 2.07. The van der Waals surface area contributed by atoms with Crippen LogP contribution in [0.25, 0.3) is 0 Å². The van der Waals surface area contributed by atoms with Crippen LogP contribution in [0.5, 0.6) is 0 Å². The average Bonchev–Trinajstić information content (AvgIpc) is 2.64. The summed E-state index contributed by atoms with van der Waals surface area (Å²) in [5, 5.41) is 23.4. The Balaban J connectivity index is 2.50. The van der Waals surface area contributed by atoms with Crippen molar-refractivity contribution in [2.75, 3.05) is 5.73 Å². The zero-order chi connectivity index (χ0) is 15.1. The highest BCUT2D eigenvalue weighted by Crippen LogP contribution is 2.36. The maximum atomic E-state index is 11.8. The number of terminal acetylenes is 1. The van der Waals surface area contributed by atoms with E-state index in [1.54, 1.807) is 0 Å². The summed E-state index contributed by atoms with van der Waals surface area (Å²) in [6.45, 7) is 1.41. The van der Waals surface area contributed by atoms with Crippen molar-refractivity contribution >= 4 is 5.82 Å². The van der Waals surface area contributed by atoms with E-state index in [1.807, 2.05) is 0 Å². The van der Waals surface area contributed by atoms with Gasteiger partial charge in [-0.05, 0) is 6.92 Å². The first-order chi connectivity index (χ1) is 9.31. The highest BCUT2D eigenvalue weighted by molar-refractivity contribution is 5.24. The van der Waals surface area contributed by atoms with Gasteiger partial charge < -0.3 is 26.4 Å². The number of nitrogens with zero attached hydrogens (tertiary/aromatic N) is 3. The summed E-state index contributed by atoms with van der Waals surface area (Å²) < 4.78 is 6.19. The van der Waals surface area contributed by atoms with E-state index in [-0.39, 0.29) is 5.82 Å². The lowest BCUT2D eigenvalue weighted by Crippen LogP contribution is -2.55. The molecule has 6 N–H and O–H groups in total. The third-order valence-corrected chi connectivity index (χ3v) is 3.18. The summed E-state index contributed by atoms with van der Waals surface area (Å²) in [6, 6.07) is 0. The Bertz CT molecular complexity index is 610. The van der Waals surface area contributed by atoms with Crippen molar-refractivity contribution in [1.29, 1.82) is 0 Å². The first kappa shape index (κ1) is 14.4. The molecule has 0 radical (unpaired) electrons. The molecule has 108 valence electrons. The minimum atomic E-state index is -1.73. The second kappa shape index (κ2) is 4.84. The summed E-state index contributed by atoms with van der Waals surface area (Å²) in [4.78, 5) is 15.3. The first-order valence-corrected chi connectivity index (χ1v) is 5.81. The fourth-order valence-electron chi connectivity index (χ4n) is 2.07. The Morgan fingerprint density at radius 3 is 2.85 bits per heavy atom. The number of aliphatic hydroxyl groups is 2. The summed E-state index contributed by atoms with van der Waals surface area (Å²) in [5.41, 5.74) is 8.73. The van der Waals surface area contributed by atoms with Crippen LogP contribution in [0.1, 0.15) is 13.2 Å². The number of nitrogen functional groups attached to an aromatic ring is 1. The summed E-state index contributed by atoms with van der Waals surface area (Å²) in [6.07, 6.45) is 1.75. The van der Waals surface area contributed by atoms with Crippen LogP contribution in [0.15, 0.2) is 11.0 Å². The minimum Gasteiger partial charge on any atom is -0.391 e. The van der Waals surface area contributed by atoms with Gasteiger partial charge in [0.2, 0.25) is 0 Å². The van der Waals surface area contributed by atoms with Crippen molar-refractivity contribution in [1.82, 2.24) is 14.8 Å². The van der Waals surface area contributed by atoms with Crippen molar-refractivity contribution in [3.05, 3.63) is 16.7 Å². The molecule has 1 aliphatic heterocycles. The number of aromatic nitrogens is 3. The number of rotatable bonds is 2. The Hall–Kier alpha value is -1.99. The zero-order valence-electron chi connectivity index (χ0n) is 10.7. The van der Waals surface area contributed by atoms with Gasteiger partial charge in [-0.2, -0.15) is 14.8 Å². The van der Waals surface area contributed by atoms with Crippen molar-refractivity contribution in [3.63, 3.8) is 0 Å². The summed E-state index contributed by atoms with van der Waals surface area (Å²) in [7, 11) is 0. The van der Waals surface area contributed by atoms with E-state index in [4.69, 9.17) is 22.6 Å². The lowest BCUT2D eigenvalue weighted by atomic mass is 9.90. The number of hydrogen-bond acceptors (Lipinski definition) is 8. The van der Waals surface area contributed by atoms with E-state index < -0.39 is 35.8 Å². The Morgan fingerprint density at radius 1 is 1.70 bits per heavy atom. The molecule has 2 heterocycles. The third kappa shape index (κ3) is 2.04. The number of ether oxygens (including phenoxy) is 1. The van der Waals surface area contributed by atoms with Gasteiger partial charge in [-0.3, -0.25) is 0 Å². The Morgan fingerprint density at radius 2 is 2.35 bits per heavy atom. The van der Waals surface area contributed by atoms with Crippen LogP contribution >= 0.6 is 0 Å². The molecule has 0 amide bonds. The highest BCUT2D eigenvalue weighted by Gasteiger charge is 2.56. The summed E-state index contributed by atoms with van der Waals surface area (Å²) >= 11 is 0. The molecule has 0 spiro atoms. The van der Waals surface area contributed by atoms with Crippen molar-refractivity contribution < 1.29 is 14.9 Å². The number of nitrogens with two attached hydrogens (primary N) is 2. The molecule has 2 unspecified atom stereocenters.